The van der Waals surface area contributed by atoms with Gasteiger partial charge in [-0.15, -0.1) is 0 Å². The third-order valence-corrected chi connectivity index (χ3v) is 2.08. The fourth-order valence-corrected chi connectivity index (χ4v) is 1.17. The van der Waals surface area contributed by atoms with Gasteiger partial charge in [-0.3, -0.25) is 0 Å². The molecule has 1 N–H and O–H groups in total. The molecule has 15 heavy (non-hydrogen) atoms. The lowest BCUT2D eigenvalue weighted by Crippen LogP contribution is -2.13. The minimum absolute atomic E-state index is 0.275. The molecule has 3 nitrogen and oxygen atoms in total. The summed E-state index contributed by atoms with van der Waals surface area (Å²) in [7, 11) is 0. The Morgan fingerprint density at radius 2 is 1.93 bits per heavy atom. The second-order valence-electron chi connectivity index (χ2n) is 3.68. The van der Waals surface area contributed by atoms with Gasteiger partial charge in [-0.2, -0.15) is 0 Å². The lowest BCUT2D eigenvalue weighted by molar-refractivity contribution is -0.139. The molecule has 0 saturated carbocycles. The molecule has 0 saturated heterocycles. The number of ether oxygens (including phenoxy) is 1. The molecule has 0 aliphatic heterocycles. The third kappa shape index (κ3) is 9.47. The summed E-state index contributed by atoms with van der Waals surface area (Å²) in [6.07, 6.45) is 4.46. The van der Waals surface area contributed by atoms with Crippen molar-refractivity contribution in [2.75, 3.05) is 19.7 Å². The average molecular weight is 213 g/mol. The molecule has 0 unspecified atom stereocenters. The highest BCUT2D eigenvalue weighted by atomic mass is 16.5. The predicted molar refractivity (Wildman–Crippen MR) is 62.8 cm³/mol. The molecule has 0 bridgehead atoms. The van der Waals surface area contributed by atoms with Crippen LogP contribution in [-0.2, 0) is 9.53 Å². The van der Waals surface area contributed by atoms with Gasteiger partial charge >= 0.3 is 5.97 Å². The summed E-state index contributed by atoms with van der Waals surface area (Å²) < 4.78 is 4.98. The van der Waals surface area contributed by atoms with E-state index in [-0.39, 0.29) is 5.97 Å². The van der Waals surface area contributed by atoms with E-state index in [9.17, 15) is 4.79 Å². The fraction of sp³-hybridized carbons (Fsp3) is 0.750. The normalized spacial score (nSPS) is 10.0. The van der Waals surface area contributed by atoms with Crippen LogP contribution in [0.15, 0.2) is 12.2 Å². The van der Waals surface area contributed by atoms with Crippen LogP contribution in [0.1, 0.15) is 39.5 Å². The highest BCUT2D eigenvalue weighted by Gasteiger charge is 2.01. The summed E-state index contributed by atoms with van der Waals surface area (Å²) in [5.74, 6) is -0.275. The summed E-state index contributed by atoms with van der Waals surface area (Å²) in [5.41, 5.74) is 0.474. The molecule has 0 aromatic heterocycles. The number of hydrogen-bond donors (Lipinski definition) is 1. The van der Waals surface area contributed by atoms with E-state index in [2.05, 4.69) is 18.8 Å². The van der Waals surface area contributed by atoms with Crippen molar-refractivity contribution in [3.8, 4) is 0 Å². The first-order valence-corrected chi connectivity index (χ1v) is 5.71. The van der Waals surface area contributed by atoms with E-state index in [0.29, 0.717) is 12.2 Å². The number of rotatable bonds is 9. The van der Waals surface area contributed by atoms with E-state index >= 15 is 0 Å². The number of nitrogens with one attached hydrogen (secondary N) is 1. The maximum Gasteiger partial charge on any atom is 0.333 e. The molecule has 88 valence electrons. The average Bonchev–Trinajstić information content (AvgIpc) is 2.21. The Kier molecular flexibility index (Phi) is 9.18. The monoisotopic (exact) mass is 213 g/mol. The van der Waals surface area contributed by atoms with Crippen molar-refractivity contribution in [1.29, 1.82) is 0 Å². The number of hydrogen-bond acceptors (Lipinski definition) is 3. The topological polar surface area (TPSA) is 38.3 Å². The van der Waals surface area contributed by atoms with Crippen LogP contribution in [0.3, 0.4) is 0 Å². The zero-order chi connectivity index (χ0) is 11.5. The van der Waals surface area contributed by atoms with Gasteiger partial charge in [-0.05, 0) is 32.9 Å². The second kappa shape index (κ2) is 9.71. The van der Waals surface area contributed by atoms with Crippen molar-refractivity contribution in [3.63, 3.8) is 0 Å². The van der Waals surface area contributed by atoms with Gasteiger partial charge in [0.25, 0.3) is 0 Å². The number of esters is 1. The molecule has 3 heteroatoms. The lowest BCUT2D eigenvalue weighted by Gasteiger charge is -2.04. The molecule has 0 heterocycles. The lowest BCUT2D eigenvalue weighted by atomic mass is 10.2. The van der Waals surface area contributed by atoms with Gasteiger partial charge in [0.05, 0.1) is 6.61 Å². The first-order valence-electron chi connectivity index (χ1n) is 5.71. The molecule has 0 rings (SSSR count). The van der Waals surface area contributed by atoms with Crippen LogP contribution in [0.5, 0.6) is 0 Å². The van der Waals surface area contributed by atoms with Crippen molar-refractivity contribution in [3.05, 3.63) is 12.2 Å². The van der Waals surface area contributed by atoms with Gasteiger partial charge in [0.2, 0.25) is 0 Å². The molecule has 0 spiro atoms. The second-order valence-corrected chi connectivity index (χ2v) is 3.68. The maximum atomic E-state index is 11.0. The number of carbonyl (C=O) groups is 1. The van der Waals surface area contributed by atoms with Crippen LogP contribution in [0.25, 0.3) is 0 Å². The highest BCUT2D eigenvalue weighted by molar-refractivity contribution is 5.86. The van der Waals surface area contributed by atoms with Gasteiger partial charge in [0.1, 0.15) is 0 Å². The van der Waals surface area contributed by atoms with E-state index in [1.807, 2.05) is 0 Å². The number of unbranched alkanes of at least 4 members (excludes halogenated alkanes) is 3. The Morgan fingerprint density at radius 3 is 2.53 bits per heavy atom. The van der Waals surface area contributed by atoms with Crippen LogP contribution in [-0.4, -0.2) is 25.7 Å². The van der Waals surface area contributed by atoms with Gasteiger partial charge in [-0.1, -0.05) is 26.3 Å². The van der Waals surface area contributed by atoms with E-state index in [4.69, 9.17) is 4.74 Å². The van der Waals surface area contributed by atoms with E-state index < -0.39 is 0 Å². The molecule has 0 aliphatic carbocycles. The smallest absolute Gasteiger partial charge is 0.333 e. The summed E-state index contributed by atoms with van der Waals surface area (Å²) in [4.78, 5) is 11.0. The molecule has 0 aromatic carbocycles. The van der Waals surface area contributed by atoms with Gasteiger partial charge < -0.3 is 10.1 Å². The minimum atomic E-state index is -0.275. The molecule has 0 aliphatic rings. The highest BCUT2D eigenvalue weighted by Crippen LogP contribution is 2.00. The van der Waals surface area contributed by atoms with E-state index in [0.717, 1.165) is 25.9 Å². The standard InChI is InChI=1S/C12H23NO2/c1-4-13-9-7-5-6-8-10-15-12(14)11(2)3/h13H,2,4-10H2,1,3H3. The van der Waals surface area contributed by atoms with Crippen molar-refractivity contribution < 1.29 is 9.53 Å². The third-order valence-electron chi connectivity index (χ3n) is 2.08. The SMILES string of the molecule is C=C(C)C(=O)OCCCCCCNCC. The predicted octanol–water partition coefficient (Wildman–Crippen LogP) is 2.28. The van der Waals surface area contributed by atoms with E-state index in [1.54, 1.807) is 6.92 Å². The molecule has 0 atom stereocenters. The van der Waals surface area contributed by atoms with Gasteiger partial charge in [0, 0.05) is 5.57 Å². The fourth-order valence-electron chi connectivity index (χ4n) is 1.17. The van der Waals surface area contributed by atoms with Gasteiger partial charge in [-0.25, -0.2) is 4.79 Å². The maximum absolute atomic E-state index is 11.0. The quantitative estimate of drug-likeness (QED) is 0.363. The summed E-state index contributed by atoms with van der Waals surface area (Å²) in [6, 6.07) is 0. The van der Waals surface area contributed by atoms with Crippen molar-refractivity contribution in [2.24, 2.45) is 0 Å². The Labute approximate surface area is 92.9 Å². The van der Waals surface area contributed by atoms with Crippen molar-refractivity contribution >= 4 is 5.97 Å². The zero-order valence-electron chi connectivity index (χ0n) is 9.97. The van der Waals surface area contributed by atoms with Crippen molar-refractivity contribution in [1.82, 2.24) is 5.32 Å². The molecule has 0 radical (unpaired) electrons. The summed E-state index contributed by atoms with van der Waals surface area (Å²) >= 11 is 0. The Balaban J connectivity index is 3.11. The number of carbonyl (C=O) groups excluding carboxylic acids is 1. The van der Waals surface area contributed by atoms with Crippen molar-refractivity contribution in [2.45, 2.75) is 39.5 Å². The first-order chi connectivity index (χ1) is 7.18. The Morgan fingerprint density at radius 1 is 1.27 bits per heavy atom. The van der Waals surface area contributed by atoms with Crippen LogP contribution >= 0.6 is 0 Å². The summed E-state index contributed by atoms with van der Waals surface area (Å²) in [6.45, 7) is 9.94. The molecular weight excluding hydrogens is 190 g/mol. The zero-order valence-corrected chi connectivity index (χ0v) is 9.97. The van der Waals surface area contributed by atoms with Crippen LogP contribution in [0.4, 0.5) is 0 Å². The van der Waals surface area contributed by atoms with E-state index in [1.165, 1.54) is 12.8 Å². The van der Waals surface area contributed by atoms with Crippen LogP contribution in [0, 0.1) is 0 Å². The Bertz CT molecular complexity index is 190. The largest absolute Gasteiger partial charge is 0.462 e. The van der Waals surface area contributed by atoms with Crippen LogP contribution < -0.4 is 5.32 Å². The molecule has 0 aromatic rings. The molecule has 0 amide bonds. The minimum Gasteiger partial charge on any atom is -0.462 e. The molecule has 0 fully saturated rings. The van der Waals surface area contributed by atoms with Gasteiger partial charge in [0.15, 0.2) is 0 Å². The summed E-state index contributed by atoms with van der Waals surface area (Å²) in [5, 5.41) is 3.28. The Hall–Kier alpha value is -0.830. The first kappa shape index (κ1) is 14.2. The van der Waals surface area contributed by atoms with Crippen LogP contribution in [0.2, 0.25) is 0 Å². The molecular formula is C12H23NO2.